The fourth-order valence-corrected chi connectivity index (χ4v) is 1.86. The molecule has 0 aromatic carbocycles. The first-order chi connectivity index (χ1) is 6.24. The highest BCUT2D eigenvalue weighted by atomic mass is 32.1. The number of azo groups is 1. The summed E-state index contributed by atoms with van der Waals surface area (Å²) in [6.07, 6.45) is 1.06. The van der Waals surface area contributed by atoms with E-state index < -0.39 is 0 Å². The van der Waals surface area contributed by atoms with Gasteiger partial charge in [-0.15, -0.1) is 11.3 Å². The zero-order chi connectivity index (χ0) is 9.68. The van der Waals surface area contributed by atoms with Gasteiger partial charge in [0.2, 0.25) is 0 Å². The summed E-state index contributed by atoms with van der Waals surface area (Å²) in [7, 11) is 0. The van der Waals surface area contributed by atoms with E-state index in [1.807, 2.05) is 13.8 Å². The second-order valence-electron chi connectivity index (χ2n) is 2.91. The lowest BCUT2D eigenvalue weighted by molar-refractivity contribution is 0.816. The Labute approximate surface area is 82.9 Å². The van der Waals surface area contributed by atoms with E-state index in [0.717, 1.165) is 23.7 Å². The highest BCUT2D eigenvalue weighted by Gasteiger charge is 2.02. The molecule has 0 aliphatic rings. The number of aryl methyl sites for hydroxylation is 2. The Morgan fingerprint density at radius 1 is 1.31 bits per heavy atom. The van der Waals surface area contributed by atoms with Crippen LogP contribution in [0.15, 0.2) is 10.2 Å². The van der Waals surface area contributed by atoms with Gasteiger partial charge in [0, 0.05) is 0 Å². The van der Waals surface area contributed by atoms with Gasteiger partial charge in [-0.3, -0.25) is 0 Å². The Morgan fingerprint density at radius 3 is 2.62 bits per heavy atom. The zero-order valence-electron chi connectivity index (χ0n) is 8.37. The summed E-state index contributed by atoms with van der Waals surface area (Å²) in [5.74, 6) is 0. The molecular formula is C9H15N3S. The maximum Gasteiger partial charge on any atom is 0.0960 e. The largest absolute Gasteiger partial charge is 0.247 e. The molecule has 72 valence electrons. The molecule has 0 amide bonds. The van der Waals surface area contributed by atoms with Gasteiger partial charge in [0.15, 0.2) is 0 Å². The number of thiazole rings is 1. The Morgan fingerprint density at radius 2 is 2.08 bits per heavy atom. The summed E-state index contributed by atoms with van der Waals surface area (Å²) in [6.45, 7) is 7.66. The third-order valence-corrected chi connectivity index (χ3v) is 2.70. The Hall–Kier alpha value is -0.770. The van der Waals surface area contributed by atoms with Gasteiger partial charge in [0.05, 0.1) is 28.7 Å². The van der Waals surface area contributed by atoms with Gasteiger partial charge in [0.25, 0.3) is 0 Å². The van der Waals surface area contributed by atoms with Crippen molar-refractivity contribution in [2.45, 2.75) is 33.7 Å². The molecule has 1 heterocycles. The molecule has 0 bridgehead atoms. The lowest BCUT2D eigenvalue weighted by Crippen LogP contribution is -1.80. The van der Waals surface area contributed by atoms with Crippen LogP contribution in [-0.2, 0) is 6.54 Å². The quantitative estimate of drug-likeness (QED) is 0.683. The molecule has 1 rings (SSSR count). The number of nitrogens with zero attached hydrogens (tertiary/aromatic N) is 3. The van der Waals surface area contributed by atoms with Crippen molar-refractivity contribution in [1.29, 1.82) is 0 Å². The van der Waals surface area contributed by atoms with Crippen LogP contribution < -0.4 is 0 Å². The SMILES string of the molecule is CCCN=NCc1sc(C)nc1C. The molecule has 4 heteroatoms. The van der Waals surface area contributed by atoms with E-state index in [9.17, 15) is 0 Å². The first-order valence-electron chi connectivity index (χ1n) is 4.50. The van der Waals surface area contributed by atoms with Crippen molar-refractivity contribution in [1.82, 2.24) is 4.98 Å². The third-order valence-electron chi connectivity index (χ3n) is 1.64. The molecule has 1 aromatic heterocycles. The van der Waals surface area contributed by atoms with Crippen LogP contribution in [-0.4, -0.2) is 11.5 Å². The smallest absolute Gasteiger partial charge is 0.0960 e. The third kappa shape index (κ3) is 3.22. The van der Waals surface area contributed by atoms with E-state index in [-0.39, 0.29) is 0 Å². The highest BCUT2D eigenvalue weighted by Crippen LogP contribution is 2.17. The van der Waals surface area contributed by atoms with Crippen molar-refractivity contribution in [3.63, 3.8) is 0 Å². The van der Waals surface area contributed by atoms with Crippen LogP contribution in [0.2, 0.25) is 0 Å². The molecule has 0 atom stereocenters. The fourth-order valence-electron chi connectivity index (χ4n) is 1.01. The summed E-state index contributed by atoms with van der Waals surface area (Å²) in [6, 6.07) is 0. The molecule has 3 nitrogen and oxygen atoms in total. The molecule has 0 unspecified atom stereocenters. The van der Waals surface area contributed by atoms with Crippen LogP contribution in [0.5, 0.6) is 0 Å². The lowest BCUT2D eigenvalue weighted by Gasteiger charge is -1.89. The standard InChI is InChI=1S/C9H15N3S/c1-4-5-10-11-6-9-7(2)12-8(3)13-9/h4-6H2,1-3H3. The second-order valence-corrected chi connectivity index (χ2v) is 4.19. The molecule has 0 aliphatic carbocycles. The molecular weight excluding hydrogens is 182 g/mol. The summed E-state index contributed by atoms with van der Waals surface area (Å²) >= 11 is 1.71. The molecule has 0 radical (unpaired) electrons. The van der Waals surface area contributed by atoms with Gasteiger partial charge in [-0.25, -0.2) is 4.98 Å². The molecule has 0 aliphatic heterocycles. The van der Waals surface area contributed by atoms with Crippen LogP contribution in [0.3, 0.4) is 0 Å². The molecule has 0 saturated carbocycles. The number of hydrogen-bond donors (Lipinski definition) is 0. The van der Waals surface area contributed by atoms with Crippen LogP contribution in [0.25, 0.3) is 0 Å². The average molecular weight is 197 g/mol. The summed E-state index contributed by atoms with van der Waals surface area (Å²) in [4.78, 5) is 5.56. The van der Waals surface area contributed by atoms with E-state index in [1.165, 1.54) is 4.88 Å². The monoisotopic (exact) mass is 197 g/mol. The Balaban J connectivity index is 2.49. The number of rotatable bonds is 4. The van der Waals surface area contributed by atoms with Crippen LogP contribution in [0.1, 0.15) is 28.9 Å². The van der Waals surface area contributed by atoms with Crippen molar-refractivity contribution < 1.29 is 0 Å². The predicted octanol–water partition coefficient (Wildman–Crippen LogP) is 3.12. The van der Waals surface area contributed by atoms with Gasteiger partial charge < -0.3 is 0 Å². The molecule has 0 N–H and O–H groups in total. The highest BCUT2D eigenvalue weighted by molar-refractivity contribution is 7.11. The van der Waals surface area contributed by atoms with Crippen molar-refractivity contribution in [2.75, 3.05) is 6.54 Å². The summed E-state index contributed by atoms with van der Waals surface area (Å²) < 4.78 is 0. The fraction of sp³-hybridized carbons (Fsp3) is 0.667. The normalized spacial score (nSPS) is 11.3. The van der Waals surface area contributed by atoms with Gasteiger partial charge in [-0.1, -0.05) is 6.92 Å². The number of hydrogen-bond acceptors (Lipinski definition) is 4. The summed E-state index contributed by atoms with van der Waals surface area (Å²) in [5, 5.41) is 9.25. The van der Waals surface area contributed by atoms with Crippen LogP contribution >= 0.6 is 11.3 Å². The van der Waals surface area contributed by atoms with Crippen LogP contribution in [0, 0.1) is 13.8 Å². The summed E-state index contributed by atoms with van der Waals surface area (Å²) in [5.41, 5.74) is 1.10. The topological polar surface area (TPSA) is 37.6 Å². The first kappa shape index (κ1) is 10.3. The number of aromatic nitrogens is 1. The lowest BCUT2D eigenvalue weighted by atomic mass is 10.4. The van der Waals surface area contributed by atoms with E-state index >= 15 is 0 Å². The maximum absolute atomic E-state index is 4.33. The van der Waals surface area contributed by atoms with E-state index in [1.54, 1.807) is 11.3 Å². The van der Waals surface area contributed by atoms with E-state index in [4.69, 9.17) is 0 Å². The maximum atomic E-state index is 4.33. The Kier molecular flexibility index (Phi) is 4.02. The van der Waals surface area contributed by atoms with Gasteiger partial charge in [0.1, 0.15) is 0 Å². The van der Waals surface area contributed by atoms with Crippen molar-refractivity contribution in [3.8, 4) is 0 Å². The van der Waals surface area contributed by atoms with Crippen molar-refractivity contribution in [2.24, 2.45) is 10.2 Å². The molecule has 13 heavy (non-hydrogen) atoms. The first-order valence-corrected chi connectivity index (χ1v) is 5.32. The van der Waals surface area contributed by atoms with Gasteiger partial charge >= 0.3 is 0 Å². The molecule has 0 saturated heterocycles. The molecule has 1 aromatic rings. The van der Waals surface area contributed by atoms with Gasteiger partial charge in [-0.05, 0) is 20.3 Å². The van der Waals surface area contributed by atoms with Crippen molar-refractivity contribution in [3.05, 3.63) is 15.6 Å². The van der Waals surface area contributed by atoms with Gasteiger partial charge in [-0.2, -0.15) is 10.2 Å². The second kappa shape index (κ2) is 5.07. The van der Waals surface area contributed by atoms with E-state index in [0.29, 0.717) is 6.54 Å². The van der Waals surface area contributed by atoms with Crippen LogP contribution in [0.4, 0.5) is 0 Å². The molecule has 0 fully saturated rings. The minimum Gasteiger partial charge on any atom is -0.247 e. The Bertz CT molecular complexity index is 291. The molecule has 0 spiro atoms. The van der Waals surface area contributed by atoms with E-state index in [2.05, 4.69) is 22.1 Å². The van der Waals surface area contributed by atoms with Crippen molar-refractivity contribution >= 4 is 11.3 Å². The minimum atomic E-state index is 0.692. The zero-order valence-corrected chi connectivity index (χ0v) is 9.19. The average Bonchev–Trinajstić information content (AvgIpc) is 2.39. The minimum absolute atomic E-state index is 0.692. The predicted molar refractivity (Wildman–Crippen MR) is 55.3 cm³/mol.